The van der Waals surface area contributed by atoms with E-state index in [0.717, 1.165) is 26.1 Å². The Kier molecular flexibility index (Phi) is 10.6. The normalized spacial score (nSPS) is 23.6. The van der Waals surface area contributed by atoms with E-state index in [-0.39, 0.29) is 78.2 Å². The van der Waals surface area contributed by atoms with E-state index in [0.29, 0.717) is 51.1 Å². The van der Waals surface area contributed by atoms with Crippen LogP contribution >= 0.6 is 11.6 Å². The number of hydrogen-bond donors (Lipinski definition) is 1. The highest BCUT2D eigenvalue weighted by Gasteiger charge is 2.45. The van der Waals surface area contributed by atoms with Crippen LogP contribution < -0.4 is 15.5 Å². The Morgan fingerprint density at radius 3 is 2.21 bits per heavy atom. The second-order valence-corrected chi connectivity index (χ2v) is 15.5. The van der Waals surface area contributed by atoms with Crippen LogP contribution in [-0.4, -0.2) is 111 Å². The van der Waals surface area contributed by atoms with E-state index in [4.69, 9.17) is 17.3 Å². The first-order chi connectivity index (χ1) is 23.0. The Morgan fingerprint density at radius 2 is 1.60 bits per heavy atom. The van der Waals surface area contributed by atoms with Crippen molar-refractivity contribution in [3.63, 3.8) is 0 Å². The minimum Gasteiger partial charge on any atom is -0.354 e. The molecule has 4 aliphatic rings. The molecule has 0 radical (unpaired) electrons. The first kappa shape index (κ1) is 34.9. The van der Waals surface area contributed by atoms with Gasteiger partial charge in [-0.05, 0) is 68.5 Å². The fourth-order valence-electron chi connectivity index (χ4n) is 7.43. The Bertz CT molecular complexity index is 1570. The number of hydrogen-bond acceptors (Lipinski definition) is 8. The monoisotopic (exact) mass is 707 g/mol. The SMILES string of the molecule is NCCN1CCN(C(=O)C2CCC(C(F)(F)c3cc(Cl)nc(N4CCN(S(=O)(=O)c5ccc(N6CCCC6=O)cc5)CC4)c3)CC2)CC1. The van der Waals surface area contributed by atoms with Crippen LogP contribution in [0.15, 0.2) is 41.3 Å². The number of nitrogens with two attached hydrogens (primary N) is 1. The summed E-state index contributed by atoms with van der Waals surface area (Å²) in [5.41, 5.74) is 6.11. The van der Waals surface area contributed by atoms with Crippen LogP contribution in [0.5, 0.6) is 0 Å². The van der Waals surface area contributed by atoms with E-state index in [1.54, 1.807) is 21.9 Å². The maximum Gasteiger partial charge on any atom is 0.276 e. The van der Waals surface area contributed by atoms with E-state index in [2.05, 4.69) is 9.88 Å². The maximum atomic E-state index is 16.0. The maximum absolute atomic E-state index is 16.0. The predicted molar refractivity (Wildman–Crippen MR) is 180 cm³/mol. The number of aromatic nitrogens is 1. The third kappa shape index (κ3) is 7.32. The van der Waals surface area contributed by atoms with Crippen molar-refractivity contribution in [2.75, 3.05) is 81.8 Å². The number of halogens is 3. The van der Waals surface area contributed by atoms with Gasteiger partial charge in [0, 0.05) is 101 Å². The molecule has 1 aliphatic carbocycles. The van der Waals surface area contributed by atoms with Gasteiger partial charge in [0.2, 0.25) is 21.8 Å². The summed E-state index contributed by atoms with van der Waals surface area (Å²) in [6.07, 6.45) is 2.58. The minimum absolute atomic E-state index is 0.0283. The van der Waals surface area contributed by atoms with Crippen molar-refractivity contribution in [2.24, 2.45) is 17.6 Å². The van der Waals surface area contributed by atoms with Crippen molar-refractivity contribution in [3.05, 3.63) is 47.1 Å². The van der Waals surface area contributed by atoms with Crippen LogP contribution in [0, 0.1) is 11.8 Å². The quantitative estimate of drug-likeness (QED) is 0.394. The Morgan fingerprint density at radius 1 is 0.938 bits per heavy atom. The number of nitrogens with zero attached hydrogens (tertiary/aromatic N) is 6. The Labute approximate surface area is 286 Å². The molecule has 1 aromatic carbocycles. The van der Waals surface area contributed by atoms with E-state index >= 15 is 8.78 Å². The van der Waals surface area contributed by atoms with Crippen molar-refractivity contribution in [1.29, 1.82) is 0 Å². The molecule has 15 heteroatoms. The van der Waals surface area contributed by atoms with Crippen molar-refractivity contribution in [3.8, 4) is 0 Å². The number of piperazine rings is 2. The van der Waals surface area contributed by atoms with Crippen molar-refractivity contribution >= 4 is 44.9 Å². The zero-order chi connectivity index (χ0) is 34.1. The predicted octanol–water partition coefficient (Wildman–Crippen LogP) is 3.37. The van der Waals surface area contributed by atoms with Gasteiger partial charge >= 0.3 is 0 Å². The molecular weight excluding hydrogens is 664 g/mol. The molecular formula is C33H44ClF2N7O4S. The molecule has 11 nitrogen and oxygen atoms in total. The number of anilines is 2. The third-order valence-corrected chi connectivity index (χ3v) is 12.4. The second kappa shape index (κ2) is 14.5. The summed E-state index contributed by atoms with van der Waals surface area (Å²) >= 11 is 6.28. The van der Waals surface area contributed by atoms with Crippen LogP contribution in [0.1, 0.15) is 44.1 Å². The van der Waals surface area contributed by atoms with Crippen molar-refractivity contribution in [1.82, 2.24) is 19.1 Å². The molecule has 0 unspecified atom stereocenters. The molecule has 1 aromatic heterocycles. The number of rotatable bonds is 9. The van der Waals surface area contributed by atoms with Gasteiger partial charge in [-0.1, -0.05) is 11.6 Å². The molecule has 2 N–H and O–H groups in total. The zero-order valence-corrected chi connectivity index (χ0v) is 28.6. The molecule has 1 saturated carbocycles. The molecule has 4 heterocycles. The summed E-state index contributed by atoms with van der Waals surface area (Å²) in [7, 11) is -3.80. The molecule has 0 bridgehead atoms. The molecule has 48 heavy (non-hydrogen) atoms. The van der Waals surface area contributed by atoms with Crippen molar-refractivity contribution in [2.45, 2.75) is 49.3 Å². The topological polar surface area (TPSA) is 123 Å². The first-order valence-corrected chi connectivity index (χ1v) is 18.7. The summed E-state index contributed by atoms with van der Waals surface area (Å²) < 4.78 is 60.2. The molecule has 6 rings (SSSR count). The largest absolute Gasteiger partial charge is 0.354 e. The number of sulfonamides is 1. The highest BCUT2D eigenvalue weighted by Crippen LogP contribution is 2.46. The third-order valence-electron chi connectivity index (χ3n) is 10.3. The number of amides is 2. The number of alkyl halides is 2. The number of carbonyl (C=O) groups excluding carboxylic acids is 2. The van der Waals surface area contributed by atoms with Gasteiger partial charge in [-0.25, -0.2) is 22.2 Å². The number of benzene rings is 1. The highest BCUT2D eigenvalue weighted by molar-refractivity contribution is 7.89. The molecule has 2 aromatic rings. The van der Waals surface area contributed by atoms with E-state index in [1.165, 1.54) is 28.6 Å². The smallest absolute Gasteiger partial charge is 0.276 e. The Balaban J connectivity index is 1.05. The van der Waals surface area contributed by atoms with E-state index < -0.39 is 21.9 Å². The van der Waals surface area contributed by atoms with Gasteiger partial charge < -0.3 is 20.4 Å². The molecule has 0 spiro atoms. The van der Waals surface area contributed by atoms with Gasteiger partial charge in [0.05, 0.1) is 4.90 Å². The van der Waals surface area contributed by atoms with Crippen LogP contribution in [0.3, 0.4) is 0 Å². The van der Waals surface area contributed by atoms with Gasteiger partial charge in [0.15, 0.2) is 0 Å². The molecule has 3 aliphatic heterocycles. The average Bonchev–Trinajstić information content (AvgIpc) is 3.54. The summed E-state index contributed by atoms with van der Waals surface area (Å²) in [6, 6.07) is 8.92. The number of carbonyl (C=O) groups is 2. The van der Waals surface area contributed by atoms with Gasteiger partial charge in [-0.2, -0.15) is 4.31 Å². The number of pyridine rings is 1. The zero-order valence-electron chi connectivity index (χ0n) is 27.1. The fourth-order valence-corrected chi connectivity index (χ4v) is 9.06. The van der Waals surface area contributed by atoms with Crippen LogP contribution in [0.25, 0.3) is 0 Å². The molecule has 2 amide bonds. The molecule has 3 saturated heterocycles. The molecule has 4 fully saturated rings. The minimum atomic E-state index is -3.80. The lowest BCUT2D eigenvalue weighted by molar-refractivity contribution is -0.141. The van der Waals surface area contributed by atoms with Crippen LogP contribution in [0.4, 0.5) is 20.3 Å². The fraction of sp³-hybridized carbons (Fsp3) is 0.606. The highest BCUT2D eigenvalue weighted by atomic mass is 35.5. The lowest BCUT2D eigenvalue weighted by atomic mass is 9.77. The summed E-state index contributed by atoms with van der Waals surface area (Å²) in [4.78, 5) is 37.2. The molecule has 0 atom stereocenters. The van der Waals surface area contributed by atoms with Crippen LogP contribution in [0.2, 0.25) is 5.15 Å². The lowest BCUT2D eigenvalue weighted by Crippen LogP contribution is -2.51. The van der Waals surface area contributed by atoms with Gasteiger partial charge in [-0.3, -0.25) is 14.5 Å². The summed E-state index contributed by atoms with van der Waals surface area (Å²) in [6.45, 7) is 5.66. The lowest BCUT2D eigenvalue weighted by Gasteiger charge is -2.39. The van der Waals surface area contributed by atoms with E-state index in [1.807, 2.05) is 4.90 Å². The van der Waals surface area contributed by atoms with Crippen molar-refractivity contribution < 1.29 is 26.8 Å². The van der Waals surface area contributed by atoms with Gasteiger partial charge in [-0.15, -0.1) is 0 Å². The molecule has 262 valence electrons. The second-order valence-electron chi connectivity index (χ2n) is 13.2. The summed E-state index contributed by atoms with van der Waals surface area (Å²) in [5.74, 6) is -3.96. The van der Waals surface area contributed by atoms with E-state index in [9.17, 15) is 18.0 Å². The summed E-state index contributed by atoms with van der Waals surface area (Å²) in [5, 5.41) is -0.0496. The Hall–Kier alpha value is -2.91. The van der Waals surface area contributed by atoms with Crippen LogP contribution in [-0.2, 0) is 25.5 Å². The van der Waals surface area contributed by atoms with Gasteiger partial charge in [0.25, 0.3) is 5.92 Å². The first-order valence-electron chi connectivity index (χ1n) is 16.9. The average molecular weight is 708 g/mol. The standard InChI is InChI=1S/C33H44ClF2N7O4S/c34-29-22-26(33(35,36)25-5-3-24(4-6-25)32(45)41-16-14-39(13-11-37)15-17-41)23-30(38-29)40-18-20-42(21-19-40)48(46,47)28-9-7-27(8-10-28)43-12-1-2-31(43)44/h7-10,22-25H,1-6,11-21,37H2. The van der Waals surface area contributed by atoms with Gasteiger partial charge in [0.1, 0.15) is 11.0 Å².